The van der Waals surface area contributed by atoms with Gasteiger partial charge in [0.15, 0.2) is 5.96 Å². The number of rotatable bonds is 15. The van der Waals surface area contributed by atoms with E-state index >= 15 is 0 Å². The van der Waals surface area contributed by atoms with Crippen molar-refractivity contribution >= 4 is 11.9 Å². The first-order valence-corrected chi connectivity index (χ1v) is 9.01. The molecule has 0 saturated heterocycles. The Balaban J connectivity index is 3.17. The molecular formula is C17H36N4O. The average Bonchev–Trinajstić information content (AvgIpc) is 2.48. The van der Waals surface area contributed by atoms with Crippen LogP contribution in [0.4, 0.5) is 0 Å². The minimum absolute atomic E-state index is 0.0168. The lowest BCUT2D eigenvalue weighted by Crippen LogP contribution is -2.30. The van der Waals surface area contributed by atoms with Crippen molar-refractivity contribution in [3.05, 3.63) is 0 Å². The van der Waals surface area contributed by atoms with Gasteiger partial charge in [0.2, 0.25) is 5.91 Å². The number of carbonyl (C=O) groups excluding carboxylic acids is 1. The first-order chi connectivity index (χ1) is 10.7. The summed E-state index contributed by atoms with van der Waals surface area (Å²) < 4.78 is 0. The summed E-state index contributed by atoms with van der Waals surface area (Å²) in [6, 6.07) is 0. The van der Waals surface area contributed by atoms with Gasteiger partial charge >= 0.3 is 0 Å². The number of amides is 1. The van der Waals surface area contributed by atoms with Gasteiger partial charge < -0.3 is 16.4 Å². The van der Waals surface area contributed by atoms with Crippen LogP contribution in [0.2, 0.25) is 0 Å². The van der Waals surface area contributed by atoms with E-state index in [0.717, 1.165) is 38.8 Å². The Kier molecular flexibility index (Phi) is 15.2. The van der Waals surface area contributed by atoms with Crippen molar-refractivity contribution in [3.63, 3.8) is 0 Å². The van der Waals surface area contributed by atoms with Crippen LogP contribution >= 0.6 is 0 Å². The van der Waals surface area contributed by atoms with Gasteiger partial charge in [-0.05, 0) is 19.3 Å². The monoisotopic (exact) mass is 312 g/mol. The van der Waals surface area contributed by atoms with Gasteiger partial charge in [-0.1, -0.05) is 58.3 Å². The van der Waals surface area contributed by atoms with Crippen LogP contribution in [0.5, 0.6) is 0 Å². The third-order valence-corrected chi connectivity index (χ3v) is 3.75. The predicted octanol–water partition coefficient (Wildman–Crippen LogP) is 3.29. The van der Waals surface area contributed by atoms with Crippen molar-refractivity contribution in [2.75, 3.05) is 13.1 Å². The molecule has 130 valence electrons. The number of unbranched alkanes of at least 4 members (excludes halogenated alkanes) is 9. The van der Waals surface area contributed by atoms with Crippen LogP contribution in [0.25, 0.3) is 0 Å². The zero-order valence-electron chi connectivity index (χ0n) is 14.4. The van der Waals surface area contributed by atoms with E-state index in [9.17, 15) is 4.79 Å². The molecule has 0 aromatic carbocycles. The molecule has 0 aromatic rings. The van der Waals surface area contributed by atoms with Crippen LogP contribution in [0.1, 0.15) is 84.0 Å². The van der Waals surface area contributed by atoms with E-state index < -0.39 is 0 Å². The van der Waals surface area contributed by atoms with E-state index in [1.54, 1.807) is 0 Å². The van der Waals surface area contributed by atoms with Gasteiger partial charge in [0.1, 0.15) is 0 Å². The second kappa shape index (κ2) is 16.1. The number of hydrogen-bond acceptors (Lipinski definition) is 2. The minimum atomic E-state index is 0.0168. The summed E-state index contributed by atoms with van der Waals surface area (Å²) in [6.07, 6.45) is 13.8. The molecule has 0 fully saturated rings. The van der Waals surface area contributed by atoms with Crippen LogP contribution in [-0.2, 0) is 4.79 Å². The predicted molar refractivity (Wildman–Crippen MR) is 94.0 cm³/mol. The molecule has 0 atom stereocenters. The summed E-state index contributed by atoms with van der Waals surface area (Å²) in [4.78, 5) is 11.6. The highest BCUT2D eigenvalue weighted by Crippen LogP contribution is 2.08. The van der Waals surface area contributed by atoms with E-state index in [2.05, 4.69) is 17.6 Å². The summed E-state index contributed by atoms with van der Waals surface area (Å²) in [5.74, 6) is 0.186. The van der Waals surface area contributed by atoms with E-state index in [-0.39, 0.29) is 11.9 Å². The quantitative estimate of drug-likeness (QED) is 0.212. The second-order valence-electron chi connectivity index (χ2n) is 5.98. The maximum Gasteiger partial charge on any atom is 0.219 e. The Morgan fingerprint density at radius 2 is 1.32 bits per heavy atom. The molecule has 5 nitrogen and oxygen atoms in total. The molecule has 0 aliphatic carbocycles. The smallest absolute Gasteiger partial charge is 0.219 e. The minimum Gasteiger partial charge on any atom is -0.370 e. The summed E-state index contributed by atoms with van der Waals surface area (Å²) in [6.45, 7) is 3.78. The van der Waals surface area contributed by atoms with Crippen molar-refractivity contribution in [2.24, 2.45) is 5.73 Å². The first kappa shape index (κ1) is 20.7. The highest BCUT2D eigenvalue weighted by atomic mass is 16.1. The van der Waals surface area contributed by atoms with E-state index in [1.807, 2.05) is 0 Å². The third kappa shape index (κ3) is 16.8. The van der Waals surface area contributed by atoms with Crippen molar-refractivity contribution in [2.45, 2.75) is 84.0 Å². The third-order valence-electron chi connectivity index (χ3n) is 3.75. The second-order valence-corrected chi connectivity index (χ2v) is 5.98. The summed E-state index contributed by atoms with van der Waals surface area (Å²) >= 11 is 0. The molecule has 0 radical (unpaired) electrons. The first-order valence-electron chi connectivity index (χ1n) is 9.01. The maximum absolute atomic E-state index is 11.6. The standard InChI is InChI=1S/C17H36N4O/c1-2-3-4-5-6-7-8-11-14-20-16(22)13-10-9-12-15-21-17(18)19/h2-15H2,1H3,(H,20,22)(H4,18,19,21). The van der Waals surface area contributed by atoms with Gasteiger partial charge in [-0.2, -0.15) is 0 Å². The van der Waals surface area contributed by atoms with Crippen molar-refractivity contribution < 1.29 is 4.79 Å². The average molecular weight is 313 g/mol. The lowest BCUT2D eigenvalue weighted by atomic mass is 10.1. The molecule has 0 aliphatic rings. The van der Waals surface area contributed by atoms with Crippen LogP contribution in [0.15, 0.2) is 0 Å². The Morgan fingerprint density at radius 1 is 0.818 bits per heavy atom. The topological polar surface area (TPSA) is 91.0 Å². The maximum atomic E-state index is 11.6. The van der Waals surface area contributed by atoms with Gasteiger partial charge in [0, 0.05) is 19.5 Å². The molecule has 0 bridgehead atoms. The van der Waals surface area contributed by atoms with Crippen LogP contribution in [-0.4, -0.2) is 25.0 Å². The fourth-order valence-electron chi connectivity index (χ4n) is 2.39. The number of nitrogens with two attached hydrogens (primary N) is 1. The molecule has 22 heavy (non-hydrogen) atoms. The fourth-order valence-corrected chi connectivity index (χ4v) is 2.39. The molecule has 0 unspecified atom stereocenters. The van der Waals surface area contributed by atoms with Gasteiger partial charge in [-0.3, -0.25) is 10.2 Å². The zero-order valence-corrected chi connectivity index (χ0v) is 14.4. The summed E-state index contributed by atoms with van der Waals surface area (Å²) in [7, 11) is 0. The van der Waals surface area contributed by atoms with Crippen LogP contribution in [0.3, 0.4) is 0 Å². The van der Waals surface area contributed by atoms with E-state index in [4.69, 9.17) is 11.1 Å². The van der Waals surface area contributed by atoms with E-state index in [1.165, 1.54) is 44.9 Å². The van der Waals surface area contributed by atoms with Crippen LogP contribution < -0.4 is 16.4 Å². The molecule has 5 heteroatoms. The van der Waals surface area contributed by atoms with E-state index in [0.29, 0.717) is 6.42 Å². The Morgan fingerprint density at radius 3 is 1.91 bits per heavy atom. The molecule has 0 heterocycles. The number of guanidine groups is 1. The normalized spacial score (nSPS) is 10.4. The fraction of sp³-hybridized carbons (Fsp3) is 0.882. The zero-order chi connectivity index (χ0) is 16.5. The van der Waals surface area contributed by atoms with Crippen molar-refractivity contribution in [1.82, 2.24) is 10.6 Å². The van der Waals surface area contributed by atoms with Gasteiger partial charge in [0.25, 0.3) is 0 Å². The molecule has 0 aliphatic heterocycles. The Bertz CT molecular complexity index is 282. The molecule has 0 saturated carbocycles. The largest absolute Gasteiger partial charge is 0.370 e. The lowest BCUT2D eigenvalue weighted by Gasteiger charge is -2.06. The Labute approximate surface area is 136 Å². The van der Waals surface area contributed by atoms with Gasteiger partial charge in [0.05, 0.1) is 0 Å². The van der Waals surface area contributed by atoms with Gasteiger partial charge in [-0.15, -0.1) is 0 Å². The highest BCUT2D eigenvalue weighted by Gasteiger charge is 2.00. The molecular weight excluding hydrogens is 276 g/mol. The molecule has 0 aromatic heterocycles. The van der Waals surface area contributed by atoms with Gasteiger partial charge in [-0.25, -0.2) is 0 Å². The molecule has 1 amide bonds. The number of carbonyl (C=O) groups is 1. The lowest BCUT2D eigenvalue weighted by molar-refractivity contribution is -0.121. The number of hydrogen-bond donors (Lipinski definition) is 4. The molecule has 0 spiro atoms. The van der Waals surface area contributed by atoms with Crippen molar-refractivity contribution in [1.29, 1.82) is 5.41 Å². The SMILES string of the molecule is CCCCCCCCCCNC(=O)CCCCCNC(=N)N. The summed E-state index contributed by atoms with van der Waals surface area (Å²) in [5, 5.41) is 12.8. The summed E-state index contributed by atoms with van der Waals surface area (Å²) in [5.41, 5.74) is 5.18. The van der Waals surface area contributed by atoms with Crippen molar-refractivity contribution in [3.8, 4) is 0 Å². The molecule has 0 rings (SSSR count). The van der Waals surface area contributed by atoms with Crippen LogP contribution in [0, 0.1) is 5.41 Å². The number of nitrogens with one attached hydrogen (secondary N) is 3. The molecule has 5 N–H and O–H groups in total. The Hall–Kier alpha value is -1.26. The highest BCUT2D eigenvalue weighted by molar-refractivity contribution is 5.75.